The van der Waals surface area contributed by atoms with Crippen LogP contribution in [0.5, 0.6) is 11.8 Å². The van der Waals surface area contributed by atoms with Gasteiger partial charge in [-0.1, -0.05) is 71.7 Å². The summed E-state index contributed by atoms with van der Waals surface area (Å²) in [6.07, 6.45) is 0. The first kappa shape index (κ1) is 30.8. The highest BCUT2D eigenvalue weighted by Gasteiger charge is 2.32. The molecule has 0 saturated carbocycles. The van der Waals surface area contributed by atoms with Gasteiger partial charge in [-0.2, -0.15) is 0 Å². The molecule has 44 heavy (non-hydrogen) atoms. The van der Waals surface area contributed by atoms with Crippen LogP contribution in [0.2, 0.25) is 10.0 Å². The molecule has 6 rings (SSSR count). The molecule has 2 aromatic heterocycles. The van der Waals surface area contributed by atoms with Crippen LogP contribution in [0.3, 0.4) is 0 Å². The molecule has 0 atom stereocenters. The third kappa shape index (κ3) is 6.15. The number of ether oxygens (including phenoxy) is 2. The number of hydrogen-bond donors (Lipinski definition) is 4. The third-order valence-electron chi connectivity index (χ3n) is 8.58. The van der Waals surface area contributed by atoms with Crippen LogP contribution < -0.4 is 30.7 Å². The van der Waals surface area contributed by atoms with Crippen molar-refractivity contribution in [2.24, 2.45) is 0 Å². The van der Waals surface area contributed by atoms with Crippen LogP contribution >= 0.6 is 23.2 Å². The molecule has 0 aliphatic carbocycles. The van der Waals surface area contributed by atoms with E-state index in [0.29, 0.717) is 34.9 Å². The van der Waals surface area contributed by atoms with E-state index >= 15 is 0 Å². The normalized spacial score (nSPS) is 16.6. The van der Waals surface area contributed by atoms with Gasteiger partial charge < -0.3 is 30.7 Å². The zero-order chi connectivity index (χ0) is 30.9. The molecule has 2 aliphatic rings. The van der Waals surface area contributed by atoms with E-state index in [1.807, 2.05) is 60.7 Å². The van der Waals surface area contributed by atoms with Crippen LogP contribution in [0.4, 0.5) is 0 Å². The molecule has 4 N–H and O–H groups in total. The maximum absolute atomic E-state index is 7.08. The SMILES string of the molecule is COc1nc(-c2cccc(-c3cccc(-c4ccc(CNC5(C)CNC5)c(OC)n4)c3Cl)c2Cl)ccc1CNC1(C)CNC1. The van der Waals surface area contributed by atoms with Gasteiger partial charge in [0.15, 0.2) is 0 Å². The lowest BCUT2D eigenvalue weighted by Crippen LogP contribution is -2.65. The number of nitrogens with zero attached hydrogens (tertiary/aromatic N) is 2. The molecule has 0 radical (unpaired) electrons. The predicted octanol–water partition coefficient (Wildman–Crippen LogP) is 5.70. The van der Waals surface area contributed by atoms with Crippen LogP contribution in [0.1, 0.15) is 25.0 Å². The summed E-state index contributed by atoms with van der Waals surface area (Å²) >= 11 is 14.2. The van der Waals surface area contributed by atoms with E-state index in [1.165, 1.54) is 0 Å². The highest BCUT2D eigenvalue weighted by molar-refractivity contribution is 6.39. The smallest absolute Gasteiger partial charge is 0.218 e. The molecule has 2 aromatic carbocycles. The number of rotatable bonds is 11. The second-order valence-electron chi connectivity index (χ2n) is 12.1. The van der Waals surface area contributed by atoms with Crippen molar-refractivity contribution in [2.45, 2.75) is 38.0 Å². The fourth-order valence-corrected chi connectivity index (χ4v) is 6.25. The maximum Gasteiger partial charge on any atom is 0.218 e. The molecule has 2 fully saturated rings. The van der Waals surface area contributed by atoms with Gasteiger partial charge in [0.2, 0.25) is 11.8 Å². The predicted molar refractivity (Wildman–Crippen MR) is 178 cm³/mol. The lowest BCUT2D eigenvalue weighted by Gasteiger charge is -2.40. The Kier molecular flexibility index (Phi) is 8.84. The summed E-state index contributed by atoms with van der Waals surface area (Å²) < 4.78 is 11.4. The zero-order valence-corrected chi connectivity index (χ0v) is 27.0. The molecule has 0 spiro atoms. The Morgan fingerprint density at radius 3 is 1.36 bits per heavy atom. The van der Waals surface area contributed by atoms with Crippen LogP contribution in [0, 0.1) is 0 Å². The lowest BCUT2D eigenvalue weighted by atomic mass is 9.95. The van der Waals surface area contributed by atoms with E-state index in [2.05, 4.69) is 35.1 Å². The minimum absolute atomic E-state index is 0.0843. The van der Waals surface area contributed by atoms with Crippen LogP contribution in [0.15, 0.2) is 60.7 Å². The van der Waals surface area contributed by atoms with Gasteiger partial charge in [0, 0.05) is 83.7 Å². The summed E-state index contributed by atoms with van der Waals surface area (Å²) in [7, 11) is 3.29. The molecule has 2 aliphatic heterocycles. The molecule has 4 aromatic rings. The minimum Gasteiger partial charge on any atom is -0.481 e. The van der Waals surface area contributed by atoms with Gasteiger partial charge in [0.25, 0.3) is 0 Å². The Morgan fingerprint density at radius 1 is 0.636 bits per heavy atom. The molecule has 0 bridgehead atoms. The van der Waals surface area contributed by atoms with Gasteiger partial charge in [-0.05, 0) is 26.0 Å². The van der Waals surface area contributed by atoms with Gasteiger partial charge in [-0.25, -0.2) is 9.97 Å². The monoisotopic (exact) mass is 632 g/mol. The largest absolute Gasteiger partial charge is 0.481 e. The fraction of sp³-hybridized carbons (Fsp3) is 0.353. The second kappa shape index (κ2) is 12.6. The minimum atomic E-state index is 0.0843. The first-order valence-corrected chi connectivity index (χ1v) is 15.6. The van der Waals surface area contributed by atoms with Crippen molar-refractivity contribution in [2.75, 3.05) is 40.4 Å². The van der Waals surface area contributed by atoms with Crippen LogP contribution in [-0.4, -0.2) is 61.4 Å². The van der Waals surface area contributed by atoms with Crippen molar-refractivity contribution in [3.05, 3.63) is 81.8 Å². The second-order valence-corrected chi connectivity index (χ2v) is 12.9. The Morgan fingerprint density at radius 2 is 1.02 bits per heavy atom. The van der Waals surface area contributed by atoms with Gasteiger partial charge in [-0.15, -0.1) is 0 Å². The molecular weight excluding hydrogens is 595 g/mol. The number of pyridine rings is 2. The summed E-state index contributed by atoms with van der Waals surface area (Å²) in [6.45, 7) is 9.51. The summed E-state index contributed by atoms with van der Waals surface area (Å²) in [5, 5.41) is 14.9. The number of benzene rings is 2. The van der Waals surface area contributed by atoms with Crippen LogP contribution in [-0.2, 0) is 13.1 Å². The molecule has 2 saturated heterocycles. The Balaban J connectivity index is 1.28. The fourth-order valence-electron chi connectivity index (χ4n) is 5.60. The lowest BCUT2D eigenvalue weighted by molar-refractivity contribution is 0.235. The molecule has 10 heteroatoms. The standard InChI is InChI=1S/C34H38Cl2N6O2/c1-33(17-37-18-33)39-15-21-11-13-27(41-31(21)43-3)25-9-5-7-23(29(25)35)24-8-6-10-26(30(24)36)28-14-12-22(32(42-28)44-4)16-40-34(2)19-38-20-34/h5-14,37-40H,15-20H2,1-4H3. The third-order valence-corrected chi connectivity index (χ3v) is 9.39. The molecule has 0 unspecified atom stereocenters. The van der Waals surface area contributed by atoms with E-state index in [0.717, 1.165) is 70.9 Å². The Hall–Kier alpha value is -3.24. The van der Waals surface area contributed by atoms with Crippen LogP contribution in [0.25, 0.3) is 33.6 Å². The number of methoxy groups -OCH3 is 2. The zero-order valence-electron chi connectivity index (χ0n) is 25.5. The first-order chi connectivity index (χ1) is 21.2. The maximum atomic E-state index is 7.08. The van der Waals surface area contributed by atoms with E-state index in [4.69, 9.17) is 42.6 Å². The van der Waals surface area contributed by atoms with E-state index in [1.54, 1.807) is 14.2 Å². The van der Waals surface area contributed by atoms with Gasteiger partial charge in [0.1, 0.15) is 0 Å². The number of halogens is 2. The quantitative estimate of drug-likeness (QED) is 0.167. The van der Waals surface area contributed by atoms with Crippen molar-refractivity contribution in [1.82, 2.24) is 31.2 Å². The summed E-state index contributed by atoms with van der Waals surface area (Å²) in [5.41, 5.74) is 6.81. The van der Waals surface area contributed by atoms with Crippen molar-refractivity contribution in [1.29, 1.82) is 0 Å². The first-order valence-electron chi connectivity index (χ1n) is 14.8. The average Bonchev–Trinajstić information content (AvgIpc) is 3.01. The van der Waals surface area contributed by atoms with Gasteiger partial charge in [0.05, 0.1) is 35.7 Å². The Labute approximate surface area is 268 Å². The van der Waals surface area contributed by atoms with E-state index in [9.17, 15) is 0 Å². The van der Waals surface area contributed by atoms with Gasteiger partial charge in [-0.3, -0.25) is 0 Å². The molecule has 8 nitrogen and oxygen atoms in total. The van der Waals surface area contributed by atoms with Gasteiger partial charge >= 0.3 is 0 Å². The summed E-state index contributed by atoms with van der Waals surface area (Å²) in [5.74, 6) is 1.15. The van der Waals surface area contributed by atoms with Crippen molar-refractivity contribution in [3.63, 3.8) is 0 Å². The number of hydrogen-bond acceptors (Lipinski definition) is 8. The summed E-state index contributed by atoms with van der Waals surface area (Å²) in [4.78, 5) is 9.66. The van der Waals surface area contributed by atoms with Crippen molar-refractivity contribution < 1.29 is 9.47 Å². The average molecular weight is 634 g/mol. The van der Waals surface area contributed by atoms with E-state index < -0.39 is 0 Å². The van der Waals surface area contributed by atoms with Crippen molar-refractivity contribution in [3.8, 4) is 45.4 Å². The van der Waals surface area contributed by atoms with E-state index in [-0.39, 0.29) is 11.1 Å². The summed E-state index contributed by atoms with van der Waals surface area (Å²) in [6, 6.07) is 19.9. The number of aromatic nitrogens is 2. The highest BCUT2D eigenvalue weighted by atomic mass is 35.5. The molecule has 230 valence electrons. The topological polar surface area (TPSA) is 92.4 Å². The van der Waals surface area contributed by atoms with Crippen molar-refractivity contribution >= 4 is 23.2 Å². The molecule has 0 amide bonds. The molecule has 4 heterocycles. The number of nitrogens with one attached hydrogen (secondary N) is 4. The highest BCUT2D eigenvalue weighted by Crippen LogP contribution is 2.42. The molecular formula is C34H38Cl2N6O2. The Bertz CT molecular complexity index is 1550.